The second-order valence-electron chi connectivity index (χ2n) is 3.76. The van der Waals surface area contributed by atoms with Gasteiger partial charge in [-0.3, -0.25) is 4.79 Å². The van der Waals surface area contributed by atoms with Crippen LogP contribution in [0, 0.1) is 5.82 Å². The zero-order valence-corrected chi connectivity index (χ0v) is 10.8. The zero-order chi connectivity index (χ0) is 13.1. The minimum absolute atomic E-state index is 0.0913. The van der Waals surface area contributed by atoms with Gasteiger partial charge in [0.25, 0.3) is 0 Å². The molecule has 1 nitrogen and oxygen atoms in total. The van der Waals surface area contributed by atoms with E-state index in [1.807, 2.05) is 6.07 Å². The molecular weight excluding hydrogens is 274 g/mol. The number of carbonyl (C=O) groups is 1. The van der Waals surface area contributed by atoms with Gasteiger partial charge in [-0.25, -0.2) is 4.39 Å². The molecule has 0 aromatic heterocycles. The highest BCUT2D eigenvalue weighted by Gasteiger charge is 2.22. The van der Waals surface area contributed by atoms with Crippen LogP contribution in [0.5, 0.6) is 0 Å². The van der Waals surface area contributed by atoms with Gasteiger partial charge >= 0.3 is 0 Å². The largest absolute Gasteiger partial charge is 0.292 e. The summed E-state index contributed by atoms with van der Waals surface area (Å²) in [6.45, 7) is 0. The Morgan fingerprint density at radius 3 is 2.44 bits per heavy atom. The Labute approximate surface area is 114 Å². The summed E-state index contributed by atoms with van der Waals surface area (Å²) in [4.78, 5) is 12.1. The first-order valence-electron chi connectivity index (χ1n) is 5.28. The molecule has 92 valence electrons. The van der Waals surface area contributed by atoms with E-state index in [2.05, 4.69) is 0 Å². The standard InChI is InChI=1S/C14H9Cl2FO/c15-10-6-7-12(17)11(8-10)14(18)13(16)9-4-2-1-3-5-9/h1-8,13H. The molecule has 0 aliphatic carbocycles. The monoisotopic (exact) mass is 282 g/mol. The van der Waals surface area contributed by atoms with Crippen LogP contribution in [-0.4, -0.2) is 5.78 Å². The third-order valence-corrected chi connectivity index (χ3v) is 3.20. The van der Waals surface area contributed by atoms with Gasteiger partial charge in [-0.15, -0.1) is 11.6 Å². The van der Waals surface area contributed by atoms with Gasteiger partial charge in [-0.1, -0.05) is 41.9 Å². The summed E-state index contributed by atoms with van der Waals surface area (Å²) in [7, 11) is 0. The summed E-state index contributed by atoms with van der Waals surface area (Å²) < 4.78 is 13.6. The van der Waals surface area contributed by atoms with Crippen molar-refractivity contribution in [3.05, 3.63) is 70.5 Å². The van der Waals surface area contributed by atoms with Gasteiger partial charge in [0, 0.05) is 5.02 Å². The molecule has 0 fully saturated rings. The van der Waals surface area contributed by atoms with Gasteiger partial charge in [-0.05, 0) is 23.8 Å². The van der Waals surface area contributed by atoms with Crippen LogP contribution in [0.4, 0.5) is 4.39 Å². The molecule has 1 unspecified atom stereocenters. The number of hydrogen-bond acceptors (Lipinski definition) is 1. The second kappa shape index (κ2) is 5.51. The molecule has 2 aromatic rings. The minimum atomic E-state index is -0.917. The van der Waals surface area contributed by atoms with Crippen LogP contribution < -0.4 is 0 Å². The number of hydrogen-bond donors (Lipinski definition) is 0. The molecule has 1 atom stereocenters. The fraction of sp³-hybridized carbons (Fsp3) is 0.0714. The van der Waals surface area contributed by atoms with Crippen molar-refractivity contribution in [1.29, 1.82) is 0 Å². The smallest absolute Gasteiger partial charge is 0.188 e. The molecule has 0 spiro atoms. The highest BCUT2D eigenvalue weighted by molar-refractivity contribution is 6.35. The lowest BCUT2D eigenvalue weighted by Gasteiger charge is -2.09. The molecule has 0 radical (unpaired) electrons. The SMILES string of the molecule is O=C(c1cc(Cl)ccc1F)C(Cl)c1ccccc1. The van der Waals surface area contributed by atoms with Crippen LogP contribution in [0.3, 0.4) is 0 Å². The third-order valence-electron chi connectivity index (χ3n) is 2.52. The number of halogens is 3. The van der Waals surface area contributed by atoms with Gasteiger partial charge in [0.2, 0.25) is 0 Å². The quantitative estimate of drug-likeness (QED) is 0.592. The molecule has 0 N–H and O–H groups in total. The first-order valence-corrected chi connectivity index (χ1v) is 6.09. The van der Waals surface area contributed by atoms with Crippen LogP contribution in [-0.2, 0) is 0 Å². The molecule has 4 heteroatoms. The van der Waals surface area contributed by atoms with Crippen LogP contribution in [0.2, 0.25) is 5.02 Å². The van der Waals surface area contributed by atoms with Gasteiger partial charge in [0.1, 0.15) is 11.2 Å². The van der Waals surface area contributed by atoms with Gasteiger partial charge in [0.05, 0.1) is 5.56 Å². The van der Waals surface area contributed by atoms with E-state index in [-0.39, 0.29) is 5.56 Å². The second-order valence-corrected chi connectivity index (χ2v) is 4.63. The number of alkyl halides is 1. The fourth-order valence-corrected chi connectivity index (χ4v) is 2.03. The highest BCUT2D eigenvalue weighted by Crippen LogP contribution is 2.27. The summed E-state index contributed by atoms with van der Waals surface area (Å²) in [5.74, 6) is -1.12. The molecule has 0 saturated carbocycles. The van der Waals surface area contributed by atoms with E-state index < -0.39 is 17.0 Å². The molecule has 2 rings (SSSR count). The Hall–Kier alpha value is -1.38. The van der Waals surface area contributed by atoms with Gasteiger partial charge in [0.15, 0.2) is 5.78 Å². The zero-order valence-electron chi connectivity index (χ0n) is 9.24. The van der Waals surface area contributed by atoms with Gasteiger partial charge < -0.3 is 0 Å². The number of carbonyl (C=O) groups excluding carboxylic acids is 1. The van der Waals surface area contributed by atoms with E-state index in [1.165, 1.54) is 12.1 Å². The lowest BCUT2D eigenvalue weighted by Crippen LogP contribution is -2.09. The van der Waals surface area contributed by atoms with Crippen molar-refractivity contribution in [2.75, 3.05) is 0 Å². The predicted octanol–water partition coefficient (Wildman–Crippen LogP) is 4.64. The number of ketones is 1. The fourth-order valence-electron chi connectivity index (χ4n) is 1.60. The summed E-state index contributed by atoms with van der Waals surface area (Å²) >= 11 is 11.8. The Morgan fingerprint density at radius 1 is 1.11 bits per heavy atom. The summed E-state index contributed by atoms with van der Waals surface area (Å²) in [6.07, 6.45) is 0. The average Bonchev–Trinajstić information content (AvgIpc) is 2.41. The topological polar surface area (TPSA) is 17.1 Å². The van der Waals surface area contributed by atoms with Crippen molar-refractivity contribution >= 4 is 29.0 Å². The molecule has 0 aliphatic rings. The van der Waals surface area contributed by atoms with E-state index in [4.69, 9.17) is 23.2 Å². The van der Waals surface area contributed by atoms with Crippen molar-refractivity contribution in [2.24, 2.45) is 0 Å². The Balaban J connectivity index is 2.34. The maximum absolute atomic E-state index is 13.6. The average molecular weight is 283 g/mol. The lowest BCUT2D eigenvalue weighted by molar-refractivity contribution is 0.0983. The van der Waals surface area contributed by atoms with Crippen molar-refractivity contribution in [3.63, 3.8) is 0 Å². The predicted molar refractivity (Wildman–Crippen MR) is 70.8 cm³/mol. The van der Waals surface area contributed by atoms with Crippen molar-refractivity contribution in [3.8, 4) is 0 Å². The van der Waals surface area contributed by atoms with E-state index in [0.717, 1.165) is 6.07 Å². The van der Waals surface area contributed by atoms with E-state index >= 15 is 0 Å². The van der Waals surface area contributed by atoms with Crippen molar-refractivity contribution < 1.29 is 9.18 Å². The molecule has 0 aliphatic heterocycles. The van der Waals surface area contributed by atoms with E-state index in [0.29, 0.717) is 10.6 Å². The number of Topliss-reactive ketones (excluding diaryl/α,β-unsaturated/α-hetero) is 1. The minimum Gasteiger partial charge on any atom is -0.292 e. The highest BCUT2D eigenvalue weighted by atomic mass is 35.5. The molecule has 0 bridgehead atoms. The van der Waals surface area contributed by atoms with Crippen LogP contribution in [0.1, 0.15) is 21.3 Å². The molecule has 0 heterocycles. The molecular formula is C14H9Cl2FO. The molecule has 18 heavy (non-hydrogen) atoms. The number of benzene rings is 2. The molecule has 2 aromatic carbocycles. The maximum Gasteiger partial charge on any atom is 0.188 e. The van der Waals surface area contributed by atoms with Crippen molar-refractivity contribution in [2.45, 2.75) is 5.38 Å². The third kappa shape index (κ3) is 2.71. The first kappa shape index (κ1) is 13.1. The maximum atomic E-state index is 13.6. The molecule has 0 amide bonds. The van der Waals surface area contributed by atoms with Gasteiger partial charge in [-0.2, -0.15) is 0 Å². The normalized spacial score (nSPS) is 12.2. The van der Waals surface area contributed by atoms with E-state index in [1.54, 1.807) is 24.3 Å². The Kier molecular flexibility index (Phi) is 4.00. The van der Waals surface area contributed by atoms with Crippen LogP contribution in [0.15, 0.2) is 48.5 Å². The molecule has 0 saturated heterocycles. The van der Waals surface area contributed by atoms with Crippen LogP contribution >= 0.6 is 23.2 Å². The Bertz CT molecular complexity index is 569. The summed E-state index contributed by atoms with van der Waals surface area (Å²) in [6, 6.07) is 12.6. The summed E-state index contributed by atoms with van der Waals surface area (Å²) in [5.41, 5.74) is 0.537. The summed E-state index contributed by atoms with van der Waals surface area (Å²) in [5, 5.41) is -0.615. The van der Waals surface area contributed by atoms with Crippen LogP contribution in [0.25, 0.3) is 0 Å². The first-order chi connectivity index (χ1) is 8.59. The Morgan fingerprint density at radius 2 is 1.78 bits per heavy atom. The number of rotatable bonds is 3. The van der Waals surface area contributed by atoms with Crippen molar-refractivity contribution in [1.82, 2.24) is 0 Å². The van der Waals surface area contributed by atoms with E-state index in [9.17, 15) is 9.18 Å². The lowest BCUT2D eigenvalue weighted by atomic mass is 10.0.